The molecule has 0 radical (unpaired) electrons. The third-order valence-electron chi connectivity index (χ3n) is 1.43. The van der Waals surface area contributed by atoms with Crippen molar-refractivity contribution in [2.24, 2.45) is 0 Å². The van der Waals surface area contributed by atoms with Crippen LogP contribution in [0.15, 0.2) is 6.20 Å². The smallest absolute Gasteiger partial charge is 0.339 e. The molecule has 0 aliphatic carbocycles. The first-order chi connectivity index (χ1) is 6.52. The lowest BCUT2D eigenvalue weighted by molar-refractivity contribution is 0.0691. The number of aromatic carboxylic acids is 1. The number of nitrogens with zero attached hydrogens (tertiary/aromatic N) is 1. The number of hydrogen-bond donors (Lipinski definition) is 2. The quantitative estimate of drug-likeness (QED) is 0.786. The predicted octanol–water partition coefficient (Wildman–Crippen LogP) is 0.980. The Morgan fingerprint density at radius 3 is 2.71 bits per heavy atom. The van der Waals surface area contributed by atoms with E-state index in [0.29, 0.717) is 0 Å². The lowest BCUT2D eigenvalue weighted by atomic mass is 10.2. The fraction of sp³-hybridized carbons (Fsp3) is 0.375. The van der Waals surface area contributed by atoms with Crippen molar-refractivity contribution in [1.29, 1.82) is 0 Å². The number of rotatable bonds is 3. The summed E-state index contributed by atoms with van der Waals surface area (Å²) < 4.78 is 3.67. The van der Waals surface area contributed by atoms with Crippen molar-refractivity contribution in [3.63, 3.8) is 0 Å². The summed E-state index contributed by atoms with van der Waals surface area (Å²) in [6, 6.07) is -0.0220. The molecule has 1 aromatic heterocycles. The van der Waals surface area contributed by atoms with Crippen LogP contribution in [0.1, 0.15) is 33.9 Å². The van der Waals surface area contributed by atoms with Crippen LogP contribution in [-0.4, -0.2) is 27.4 Å². The van der Waals surface area contributed by atoms with E-state index in [0.717, 1.165) is 11.5 Å². The number of carbonyl (C=O) groups excluding carboxylic acids is 1. The van der Waals surface area contributed by atoms with Crippen LogP contribution in [-0.2, 0) is 0 Å². The summed E-state index contributed by atoms with van der Waals surface area (Å²) in [5.41, 5.74) is -0.0480. The molecule has 6 heteroatoms. The molecule has 2 N–H and O–H groups in total. The van der Waals surface area contributed by atoms with E-state index in [2.05, 4.69) is 9.69 Å². The molecule has 0 saturated heterocycles. The monoisotopic (exact) mass is 214 g/mol. The van der Waals surface area contributed by atoms with E-state index in [-0.39, 0.29) is 22.4 Å². The minimum Gasteiger partial charge on any atom is -0.478 e. The zero-order chi connectivity index (χ0) is 10.7. The maximum Gasteiger partial charge on any atom is 0.339 e. The topological polar surface area (TPSA) is 79.3 Å². The summed E-state index contributed by atoms with van der Waals surface area (Å²) >= 11 is 0.885. The maximum absolute atomic E-state index is 11.4. The molecule has 0 fully saturated rings. The summed E-state index contributed by atoms with van der Waals surface area (Å²) in [6.45, 7) is 3.61. The Bertz CT molecular complexity index is 359. The Morgan fingerprint density at radius 2 is 2.21 bits per heavy atom. The van der Waals surface area contributed by atoms with Gasteiger partial charge in [0.2, 0.25) is 0 Å². The van der Waals surface area contributed by atoms with Crippen molar-refractivity contribution in [3.05, 3.63) is 16.6 Å². The molecule has 0 spiro atoms. The van der Waals surface area contributed by atoms with Crippen LogP contribution in [0.5, 0.6) is 0 Å². The van der Waals surface area contributed by atoms with Gasteiger partial charge >= 0.3 is 5.97 Å². The molecule has 1 aromatic rings. The minimum absolute atomic E-state index is 0.0220. The van der Waals surface area contributed by atoms with Crippen LogP contribution in [0.3, 0.4) is 0 Å². The van der Waals surface area contributed by atoms with E-state index in [4.69, 9.17) is 5.11 Å². The van der Waals surface area contributed by atoms with E-state index < -0.39 is 5.97 Å². The van der Waals surface area contributed by atoms with Crippen molar-refractivity contribution in [3.8, 4) is 0 Å². The molecular formula is C8H10N2O3S. The molecule has 0 unspecified atom stereocenters. The van der Waals surface area contributed by atoms with Gasteiger partial charge in [0.15, 0.2) is 0 Å². The summed E-state index contributed by atoms with van der Waals surface area (Å²) in [6.07, 6.45) is 1.18. The number of nitrogens with one attached hydrogen (secondary N) is 1. The normalized spacial score (nSPS) is 10.2. The summed E-state index contributed by atoms with van der Waals surface area (Å²) in [4.78, 5) is 22.2. The molecule has 0 aliphatic rings. The van der Waals surface area contributed by atoms with Gasteiger partial charge < -0.3 is 10.4 Å². The van der Waals surface area contributed by atoms with E-state index in [9.17, 15) is 9.59 Å². The van der Waals surface area contributed by atoms with Gasteiger partial charge in [-0.15, -0.1) is 0 Å². The Kier molecular flexibility index (Phi) is 3.19. The number of carboxylic acids is 1. The highest BCUT2D eigenvalue weighted by atomic mass is 32.1. The van der Waals surface area contributed by atoms with Gasteiger partial charge in [0.05, 0.1) is 6.20 Å². The lowest BCUT2D eigenvalue weighted by Crippen LogP contribution is -2.30. The predicted molar refractivity (Wildman–Crippen MR) is 51.7 cm³/mol. The third-order valence-corrected chi connectivity index (χ3v) is 2.23. The van der Waals surface area contributed by atoms with E-state index in [1.165, 1.54) is 6.20 Å². The molecule has 5 nitrogen and oxygen atoms in total. The highest BCUT2D eigenvalue weighted by Gasteiger charge is 2.19. The van der Waals surface area contributed by atoms with E-state index in [1.54, 1.807) is 13.8 Å². The van der Waals surface area contributed by atoms with Crippen molar-refractivity contribution in [2.75, 3.05) is 0 Å². The number of amides is 1. The molecule has 0 bridgehead atoms. The van der Waals surface area contributed by atoms with Crippen LogP contribution in [0, 0.1) is 0 Å². The minimum atomic E-state index is -1.13. The first kappa shape index (κ1) is 10.6. The van der Waals surface area contributed by atoms with E-state index in [1.807, 2.05) is 0 Å². The van der Waals surface area contributed by atoms with Crippen LogP contribution in [0.25, 0.3) is 0 Å². The van der Waals surface area contributed by atoms with Gasteiger partial charge in [-0.1, -0.05) is 0 Å². The molecule has 0 atom stereocenters. The second-order valence-corrected chi connectivity index (χ2v) is 3.80. The molecule has 76 valence electrons. The first-order valence-corrected chi connectivity index (χ1v) is 4.78. The van der Waals surface area contributed by atoms with Gasteiger partial charge in [0, 0.05) is 6.04 Å². The van der Waals surface area contributed by atoms with Crippen molar-refractivity contribution in [2.45, 2.75) is 19.9 Å². The largest absolute Gasteiger partial charge is 0.478 e. The standard InChI is InChI=1S/C8H10N2O3S/c1-4(2)10-7(11)6-5(8(12)13)3-9-14-6/h3-4H,1-2H3,(H,10,11)(H,12,13). The SMILES string of the molecule is CC(C)NC(=O)c1sncc1C(=O)O. The van der Waals surface area contributed by atoms with Crippen LogP contribution >= 0.6 is 11.5 Å². The molecule has 0 aliphatic heterocycles. The maximum atomic E-state index is 11.4. The zero-order valence-corrected chi connectivity index (χ0v) is 8.59. The van der Waals surface area contributed by atoms with Crippen molar-refractivity contribution in [1.82, 2.24) is 9.69 Å². The lowest BCUT2D eigenvalue weighted by Gasteiger charge is -2.06. The molecule has 0 aromatic carbocycles. The van der Waals surface area contributed by atoms with Crippen LogP contribution < -0.4 is 5.32 Å². The molecule has 0 saturated carbocycles. The van der Waals surface area contributed by atoms with Crippen molar-refractivity contribution >= 4 is 23.4 Å². The molecule has 1 rings (SSSR count). The fourth-order valence-corrected chi connectivity index (χ4v) is 1.53. The Hall–Kier alpha value is -1.43. The number of aromatic nitrogens is 1. The van der Waals surface area contributed by atoms with Crippen LogP contribution in [0.2, 0.25) is 0 Å². The third kappa shape index (κ3) is 2.29. The van der Waals surface area contributed by atoms with Gasteiger partial charge in [-0.2, -0.15) is 4.37 Å². The number of hydrogen-bond acceptors (Lipinski definition) is 4. The van der Waals surface area contributed by atoms with Crippen LogP contribution in [0.4, 0.5) is 0 Å². The number of carbonyl (C=O) groups is 2. The summed E-state index contributed by atoms with van der Waals surface area (Å²) in [5.74, 6) is -1.52. The van der Waals surface area contributed by atoms with Gasteiger partial charge in [0.25, 0.3) is 5.91 Å². The summed E-state index contributed by atoms with van der Waals surface area (Å²) in [7, 11) is 0. The van der Waals surface area contributed by atoms with Gasteiger partial charge in [-0.25, -0.2) is 4.79 Å². The van der Waals surface area contributed by atoms with Gasteiger partial charge in [0.1, 0.15) is 10.4 Å². The Morgan fingerprint density at radius 1 is 1.57 bits per heavy atom. The molecular weight excluding hydrogens is 204 g/mol. The average Bonchev–Trinajstić information content (AvgIpc) is 2.49. The molecule has 14 heavy (non-hydrogen) atoms. The van der Waals surface area contributed by atoms with E-state index >= 15 is 0 Å². The molecule has 1 amide bonds. The second kappa shape index (κ2) is 4.19. The first-order valence-electron chi connectivity index (χ1n) is 4.01. The Labute approximate surface area is 84.9 Å². The Balaban J connectivity index is 2.90. The summed E-state index contributed by atoms with van der Waals surface area (Å²) in [5, 5.41) is 11.3. The highest BCUT2D eigenvalue weighted by molar-refractivity contribution is 7.08. The van der Waals surface area contributed by atoms with Gasteiger partial charge in [-0.05, 0) is 25.4 Å². The zero-order valence-electron chi connectivity index (χ0n) is 7.77. The molecule has 1 heterocycles. The van der Waals surface area contributed by atoms with Crippen molar-refractivity contribution < 1.29 is 14.7 Å². The van der Waals surface area contributed by atoms with Gasteiger partial charge in [-0.3, -0.25) is 4.79 Å². The highest BCUT2D eigenvalue weighted by Crippen LogP contribution is 2.13. The fourth-order valence-electron chi connectivity index (χ4n) is 0.883. The average molecular weight is 214 g/mol. The number of carboxylic acid groups (broad SMARTS) is 1. The second-order valence-electron chi connectivity index (χ2n) is 3.00.